The molecule has 3 aromatic rings. The Hall–Kier alpha value is -2.29. The van der Waals surface area contributed by atoms with E-state index in [1.165, 1.54) is 32.1 Å². The molecule has 0 saturated heterocycles. The Balaban J connectivity index is 1.68. The predicted molar refractivity (Wildman–Crippen MR) is 101 cm³/mol. The average Bonchev–Trinajstić information content (AvgIpc) is 2.61. The van der Waals surface area contributed by atoms with E-state index in [-0.39, 0.29) is 5.43 Å². The van der Waals surface area contributed by atoms with Crippen molar-refractivity contribution in [2.75, 3.05) is 6.61 Å². The van der Waals surface area contributed by atoms with Gasteiger partial charge in [0.15, 0.2) is 5.43 Å². The summed E-state index contributed by atoms with van der Waals surface area (Å²) in [7, 11) is 0. The number of rotatable bonds is 8. The molecule has 0 radical (unpaired) electrons. The quantitative estimate of drug-likeness (QED) is 0.444. The number of para-hydroxylation sites is 1. The molecule has 0 aliphatic heterocycles. The number of pyridine rings is 1. The van der Waals surface area contributed by atoms with E-state index in [4.69, 9.17) is 4.74 Å². The van der Waals surface area contributed by atoms with Gasteiger partial charge in [0.05, 0.1) is 12.1 Å². The minimum Gasteiger partial charge on any atom is -0.494 e. The maximum absolute atomic E-state index is 12.6. The fourth-order valence-electron chi connectivity index (χ4n) is 3.06. The van der Waals surface area contributed by atoms with Crippen molar-refractivity contribution in [2.45, 2.75) is 45.4 Å². The molecule has 0 aliphatic rings. The molecule has 0 amide bonds. The van der Waals surface area contributed by atoms with E-state index in [1.807, 2.05) is 42.5 Å². The smallest absolute Gasteiger partial charge is 0.197 e. The fourth-order valence-corrected chi connectivity index (χ4v) is 3.06. The molecule has 1 N–H and O–H groups in total. The highest BCUT2D eigenvalue weighted by Crippen LogP contribution is 2.20. The standard InChI is InChI=1S/C21H25NO2/c1-2-3-4-5-6-9-14-24-16-12-13-20-18(15-16)21(23)17-10-7-8-11-19(17)22-20/h7-8,10-13,15H,2-6,9,14H2,1H3,(H,22,23). The van der Waals surface area contributed by atoms with Crippen molar-refractivity contribution in [1.29, 1.82) is 0 Å². The minimum absolute atomic E-state index is 0.0596. The fraction of sp³-hybridized carbons (Fsp3) is 0.381. The van der Waals surface area contributed by atoms with Gasteiger partial charge in [0.2, 0.25) is 0 Å². The molecule has 3 rings (SSSR count). The van der Waals surface area contributed by atoms with Gasteiger partial charge in [-0.05, 0) is 36.8 Å². The van der Waals surface area contributed by atoms with E-state index in [0.29, 0.717) is 12.0 Å². The zero-order chi connectivity index (χ0) is 16.8. The maximum atomic E-state index is 12.6. The number of H-pyrrole nitrogens is 1. The molecule has 0 atom stereocenters. The summed E-state index contributed by atoms with van der Waals surface area (Å²) in [5.74, 6) is 0.775. The van der Waals surface area contributed by atoms with Gasteiger partial charge in [0, 0.05) is 16.3 Å². The van der Waals surface area contributed by atoms with E-state index in [0.717, 1.165) is 28.6 Å². The second-order valence-corrected chi connectivity index (χ2v) is 6.32. The Bertz CT molecular complexity index is 866. The Kier molecular flexibility index (Phi) is 5.52. The number of fused-ring (bicyclic) bond motifs is 2. The molecule has 3 heteroatoms. The molecule has 1 heterocycles. The number of benzene rings is 2. The Morgan fingerprint density at radius 3 is 2.50 bits per heavy atom. The van der Waals surface area contributed by atoms with Gasteiger partial charge < -0.3 is 9.72 Å². The summed E-state index contributed by atoms with van der Waals surface area (Å²) < 4.78 is 5.83. The second-order valence-electron chi connectivity index (χ2n) is 6.32. The van der Waals surface area contributed by atoms with Crippen LogP contribution in [0.3, 0.4) is 0 Å². The van der Waals surface area contributed by atoms with Gasteiger partial charge in [-0.3, -0.25) is 4.79 Å². The zero-order valence-corrected chi connectivity index (χ0v) is 14.3. The SMILES string of the molecule is CCCCCCCCOc1ccc2[nH]c3ccccc3c(=O)c2c1. The number of aromatic nitrogens is 1. The van der Waals surface area contributed by atoms with Crippen molar-refractivity contribution >= 4 is 21.8 Å². The van der Waals surface area contributed by atoms with E-state index in [2.05, 4.69) is 11.9 Å². The van der Waals surface area contributed by atoms with Gasteiger partial charge in [-0.2, -0.15) is 0 Å². The van der Waals surface area contributed by atoms with Crippen LogP contribution >= 0.6 is 0 Å². The minimum atomic E-state index is 0.0596. The van der Waals surface area contributed by atoms with E-state index in [1.54, 1.807) is 0 Å². The molecular weight excluding hydrogens is 298 g/mol. The van der Waals surface area contributed by atoms with Crippen LogP contribution in [0.2, 0.25) is 0 Å². The Morgan fingerprint density at radius 1 is 0.875 bits per heavy atom. The van der Waals surface area contributed by atoms with Crippen LogP contribution in [-0.4, -0.2) is 11.6 Å². The van der Waals surface area contributed by atoms with Crippen molar-refractivity contribution in [3.63, 3.8) is 0 Å². The lowest BCUT2D eigenvalue weighted by molar-refractivity contribution is 0.305. The molecule has 24 heavy (non-hydrogen) atoms. The highest BCUT2D eigenvalue weighted by Gasteiger charge is 2.06. The summed E-state index contributed by atoms with van der Waals surface area (Å²) in [6, 6.07) is 13.3. The van der Waals surface area contributed by atoms with Crippen molar-refractivity contribution in [3.05, 3.63) is 52.7 Å². The average molecular weight is 323 g/mol. The molecule has 2 aromatic carbocycles. The van der Waals surface area contributed by atoms with E-state index >= 15 is 0 Å². The van der Waals surface area contributed by atoms with E-state index in [9.17, 15) is 4.79 Å². The maximum Gasteiger partial charge on any atom is 0.197 e. The Morgan fingerprint density at radius 2 is 1.62 bits per heavy atom. The lowest BCUT2D eigenvalue weighted by atomic mass is 10.1. The summed E-state index contributed by atoms with van der Waals surface area (Å²) in [4.78, 5) is 16.0. The molecule has 0 unspecified atom stereocenters. The highest BCUT2D eigenvalue weighted by molar-refractivity contribution is 5.92. The van der Waals surface area contributed by atoms with Gasteiger partial charge in [0.1, 0.15) is 5.75 Å². The number of unbranched alkanes of at least 4 members (excludes halogenated alkanes) is 5. The van der Waals surface area contributed by atoms with Crippen LogP contribution < -0.4 is 10.2 Å². The third-order valence-electron chi connectivity index (χ3n) is 4.44. The normalized spacial score (nSPS) is 11.2. The zero-order valence-electron chi connectivity index (χ0n) is 14.3. The highest BCUT2D eigenvalue weighted by atomic mass is 16.5. The first-order valence-electron chi connectivity index (χ1n) is 8.97. The lowest BCUT2D eigenvalue weighted by Crippen LogP contribution is -2.05. The molecular formula is C21H25NO2. The van der Waals surface area contributed by atoms with Crippen molar-refractivity contribution in [2.24, 2.45) is 0 Å². The first kappa shape index (κ1) is 16.6. The Labute approximate surface area is 142 Å². The van der Waals surface area contributed by atoms with Crippen LogP contribution in [0.1, 0.15) is 45.4 Å². The van der Waals surface area contributed by atoms with Crippen LogP contribution in [0.5, 0.6) is 5.75 Å². The second kappa shape index (κ2) is 8.00. The monoisotopic (exact) mass is 323 g/mol. The van der Waals surface area contributed by atoms with Crippen molar-refractivity contribution < 1.29 is 4.74 Å². The molecule has 0 spiro atoms. The van der Waals surface area contributed by atoms with Crippen molar-refractivity contribution in [1.82, 2.24) is 4.98 Å². The van der Waals surface area contributed by atoms with Gasteiger partial charge >= 0.3 is 0 Å². The van der Waals surface area contributed by atoms with Crippen molar-refractivity contribution in [3.8, 4) is 5.75 Å². The van der Waals surface area contributed by atoms with E-state index < -0.39 is 0 Å². The molecule has 0 bridgehead atoms. The molecule has 0 aliphatic carbocycles. The van der Waals surface area contributed by atoms with Gasteiger partial charge in [0.25, 0.3) is 0 Å². The number of ether oxygens (including phenoxy) is 1. The first-order valence-corrected chi connectivity index (χ1v) is 8.97. The van der Waals surface area contributed by atoms with Crippen LogP contribution in [0, 0.1) is 0 Å². The number of aromatic amines is 1. The molecule has 0 saturated carbocycles. The third kappa shape index (κ3) is 3.78. The van der Waals surface area contributed by atoms with Gasteiger partial charge in [-0.1, -0.05) is 51.2 Å². The summed E-state index contributed by atoms with van der Waals surface area (Å²) in [5.41, 5.74) is 1.78. The van der Waals surface area contributed by atoms with Crippen LogP contribution in [0.15, 0.2) is 47.3 Å². The summed E-state index contributed by atoms with van der Waals surface area (Å²) in [5, 5.41) is 1.41. The number of hydrogen-bond acceptors (Lipinski definition) is 2. The van der Waals surface area contributed by atoms with Crippen LogP contribution in [-0.2, 0) is 0 Å². The topological polar surface area (TPSA) is 42.1 Å². The molecule has 0 fully saturated rings. The number of hydrogen-bond donors (Lipinski definition) is 1. The predicted octanol–water partition coefficient (Wildman–Crippen LogP) is 5.42. The third-order valence-corrected chi connectivity index (χ3v) is 4.44. The van der Waals surface area contributed by atoms with Gasteiger partial charge in [-0.25, -0.2) is 0 Å². The summed E-state index contributed by atoms with van der Waals surface area (Å²) in [6.45, 7) is 2.94. The summed E-state index contributed by atoms with van der Waals surface area (Å²) in [6.07, 6.45) is 7.46. The summed E-state index contributed by atoms with van der Waals surface area (Å²) >= 11 is 0. The largest absolute Gasteiger partial charge is 0.494 e. The molecule has 3 nitrogen and oxygen atoms in total. The lowest BCUT2D eigenvalue weighted by Gasteiger charge is -2.08. The molecule has 1 aromatic heterocycles. The van der Waals surface area contributed by atoms with Crippen LogP contribution in [0.25, 0.3) is 21.8 Å². The number of nitrogens with one attached hydrogen (secondary N) is 1. The first-order chi connectivity index (χ1) is 11.8. The van der Waals surface area contributed by atoms with Crippen LogP contribution in [0.4, 0.5) is 0 Å². The molecule has 126 valence electrons. The van der Waals surface area contributed by atoms with Gasteiger partial charge in [-0.15, -0.1) is 0 Å².